The number of aromatic amines is 1. The molecule has 2 aromatic carbocycles. The first-order chi connectivity index (χ1) is 15.1. The van der Waals surface area contributed by atoms with Crippen LogP contribution in [0.4, 0.5) is 0 Å². The number of piperidine rings is 1. The van der Waals surface area contributed by atoms with E-state index in [-0.39, 0.29) is 24.3 Å². The second-order valence-corrected chi connectivity index (χ2v) is 8.09. The van der Waals surface area contributed by atoms with Crippen LogP contribution in [0.2, 0.25) is 0 Å². The normalized spacial score (nSPS) is 16.0. The van der Waals surface area contributed by atoms with E-state index in [1.165, 1.54) is 5.56 Å². The van der Waals surface area contributed by atoms with Crippen molar-refractivity contribution in [3.8, 4) is 11.5 Å². The predicted octanol–water partition coefficient (Wildman–Crippen LogP) is 2.68. The molecule has 31 heavy (non-hydrogen) atoms. The summed E-state index contributed by atoms with van der Waals surface area (Å²) < 4.78 is 12.4. The second kappa shape index (κ2) is 7.94. The Hall–Kier alpha value is -3.55. The fourth-order valence-electron chi connectivity index (χ4n) is 4.22. The summed E-state index contributed by atoms with van der Waals surface area (Å²) in [6, 6.07) is 13.4. The van der Waals surface area contributed by atoms with Crippen LogP contribution in [0.3, 0.4) is 0 Å². The molecule has 0 unspecified atom stereocenters. The van der Waals surface area contributed by atoms with Crippen LogP contribution < -0.4 is 15.2 Å². The van der Waals surface area contributed by atoms with Gasteiger partial charge in [0, 0.05) is 24.6 Å². The highest BCUT2D eigenvalue weighted by Crippen LogP contribution is 2.33. The van der Waals surface area contributed by atoms with Crippen molar-refractivity contribution >= 4 is 5.91 Å². The third-order valence-corrected chi connectivity index (χ3v) is 6.02. The minimum atomic E-state index is -0.200. The van der Waals surface area contributed by atoms with Crippen molar-refractivity contribution in [1.29, 1.82) is 0 Å². The molecule has 2 aliphatic rings. The van der Waals surface area contributed by atoms with Crippen molar-refractivity contribution in [2.75, 3.05) is 19.9 Å². The number of aryl methyl sites for hydroxylation is 1. The topological polar surface area (TPSA) is 89.4 Å². The third-order valence-electron chi connectivity index (χ3n) is 6.02. The van der Waals surface area contributed by atoms with Gasteiger partial charge in [-0.15, -0.1) is 0 Å². The van der Waals surface area contributed by atoms with Crippen LogP contribution in [0.15, 0.2) is 47.3 Å². The maximum absolute atomic E-state index is 12.9. The minimum Gasteiger partial charge on any atom is -0.454 e. The number of hydrogen-bond acceptors (Lipinski definition) is 5. The van der Waals surface area contributed by atoms with Gasteiger partial charge in [-0.1, -0.05) is 29.8 Å². The number of aromatic nitrogens is 3. The standard InChI is InChI=1S/C23H24N4O4/c1-15-2-4-16(5-3-15)13-27-21(24-25-23(27)29)17-8-10-26(11-9-17)22(28)18-6-7-19-20(12-18)31-14-30-19/h2-7,12,17H,8-11,13-14H2,1H3,(H,25,29). The molecule has 160 valence electrons. The maximum atomic E-state index is 12.9. The molecule has 0 atom stereocenters. The number of rotatable bonds is 4. The van der Waals surface area contributed by atoms with E-state index >= 15 is 0 Å². The summed E-state index contributed by atoms with van der Waals surface area (Å²) >= 11 is 0. The van der Waals surface area contributed by atoms with E-state index in [1.807, 2.05) is 36.1 Å². The van der Waals surface area contributed by atoms with Gasteiger partial charge in [0.1, 0.15) is 5.82 Å². The van der Waals surface area contributed by atoms with Crippen molar-refractivity contribution in [3.63, 3.8) is 0 Å². The lowest BCUT2D eigenvalue weighted by Gasteiger charge is -2.31. The Bertz CT molecular complexity index is 1160. The zero-order valence-corrected chi connectivity index (χ0v) is 17.3. The van der Waals surface area contributed by atoms with Crippen LogP contribution in [0, 0.1) is 6.92 Å². The van der Waals surface area contributed by atoms with Gasteiger partial charge in [-0.05, 0) is 43.5 Å². The molecule has 3 aromatic rings. The largest absolute Gasteiger partial charge is 0.454 e. The average Bonchev–Trinajstić information content (AvgIpc) is 3.41. The Morgan fingerprint density at radius 1 is 1.10 bits per heavy atom. The van der Waals surface area contributed by atoms with E-state index in [4.69, 9.17) is 9.47 Å². The summed E-state index contributed by atoms with van der Waals surface area (Å²) in [5, 5.41) is 6.91. The Kier molecular flexibility index (Phi) is 4.97. The number of carbonyl (C=O) groups excluding carboxylic acids is 1. The predicted molar refractivity (Wildman–Crippen MR) is 114 cm³/mol. The molecule has 3 heterocycles. The number of ether oxygens (including phenoxy) is 2. The van der Waals surface area contributed by atoms with Gasteiger partial charge in [-0.25, -0.2) is 9.89 Å². The Morgan fingerprint density at radius 2 is 1.84 bits per heavy atom. The summed E-state index contributed by atoms with van der Waals surface area (Å²) in [5.74, 6) is 2.15. The number of H-pyrrole nitrogens is 1. The van der Waals surface area contributed by atoms with Gasteiger partial charge in [0.05, 0.1) is 6.54 Å². The van der Waals surface area contributed by atoms with E-state index in [2.05, 4.69) is 10.2 Å². The van der Waals surface area contributed by atoms with Gasteiger partial charge >= 0.3 is 5.69 Å². The van der Waals surface area contributed by atoms with Crippen molar-refractivity contribution in [2.45, 2.75) is 32.2 Å². The number of benzene rings is 2. The highest BCUT2D eigenvalue weighted by molar-refractivity contribution is 5.95. The molecule has 0 saturated carbocycles. The Morgan fingerprint density at radius 3 is 2.61 bits per heavy atom. The molecule has 1 fully saturated rings. The maximum Gasteiger partial charge on any atom is 0.343 e. The van der Waals surface area contributed by atoms with Crippen LogP contribution in [0.25, 0.3) is 0 Å². The molecule has 0 bridgehead atoms. The fraction of sp³-hybridized carbons (Fsp3) is 0.348. The smallest absolute Gasteiger partial charge is 0.343 e. The molecule has 1 N–H and O–H groups in total. The van der Waals surface area contributed by atoms with Gasteiger partial charge in [-0.2, -0.15) is 5.10 Å². The quantitative estimate of drug-likeness (QED) is 0.701. The van der Waals surface area contributed by atoms with Crippen molar-refractivity contribution in [2.24, 2.45) is 0 Å². The van der Waals surface area contributed by atoms with Crippen LogP contribution in [0.1, 0.15) is 46.1 Å². The first kappa shape index (κ1) is 19.4. The summed E-state index contributed by atoms with van der Waals surface area (Å²) in [5.41, 5.74) is 2.64. The number of nitrogens with zero attached hydrogens (tertiary/aromatic N) is 3. The Labute approximate surface area is 179 Å². The van der Waals surface area contributed by atoms with Crippen LogP contribution in [0.5, 0.6) is 11.5 Å². The first-order valence-corrected chi connectivity index (χ1v) is 10.5. The lowest BCUT2D eigenvalue weighted by molar-refractivity contribution is 0.0710. The molecule has 0 spiro atoms. The molecule has 0 aliphatic carbocycles. The zero-order chi connectivity index (χ0) is 21.4. The summed E-state index contributed by atoms with van der Waals surface area (Å²) in [6.45, 7) is 3.94. The van der Waals surface area contributed by atoms with Crippen molar-refractivity contribution < 1.29 is 14.3 Å². The molecular formula is C23H24N4O4. The molecule has 2 aliphatic heterocycles. The average molecular weight is 420 g/mol. The molecule has 8 nitrogen and oxygen atoms in total. The van der Waals surface area contributed by atoms with E-state index < -0.39 is 0 Å². The number of nitrogens with one attached hydrogen (secondary N) is 1. The van der Waals surface area contributed by atoms with Gasteiger partial charge in [-0.3, -0.25) is 9.36 Å². The lowest BCUT2D eigenvalue weighted by atomic mass is 9.95. The Balaban J connectivity index is 1.27. The van der Waals surface area contributed by atoms with Crippen LogP contribution in [-0.4, -0.2) is 45.5 Å². The minimum absolute atomic E-state index is 0.0178. The third kappa shape index (κ3) is 3.81. The SMILES string of the molecule is Cc1ccc(Cn2c(C3CCN(C(=O)c4ccc5c(c4)OCO5)CC3)n[nH]c2=O)cc1. The van der Waals surface area contributed by atoms with Crippen molar-refractivity contribution in [3.05, 3.63) is 75.5 Å². The van der Waals surface area contributed by atoms with E-state index in [0.717, 1.165) is 24.2 Å². The van der Waals surface area contributed by atoms with Gasteiger partial charge in [0.25, 0.3) is 5.91 Å². The van der Waals surface area contributed by atoms with E-state index in [0.29, 0.717) is 36.7 Å². The molecule has 0 radical (unpaired) electrons. The van der Waals surface area contributed by atoms with Gasteiger partial charge < -0.3 is 14.4 Å². The number of fused-ring (bicyclic) bond motifs is 1. The van der Waals surface area contributed by atoms with E-state index in [9.17, 15) is 9.59 Å². The monoisotopic (exact) mass is 420 g/mol. The first-order valence-electron chi connectivity index (χ1n) is 10.5. The second-order valence-electron chi connectivity index (χ2n) is 8.09. The number of likely N-dealkylation sites (tertiary alicyclic amines) is 1. The number of amides is 1. The molecule has 1 saturated heterocycles. The van der Waals surface area contributed by atoms with Crippen molar-refractivity contribution in [1.82, 2.24) is 19.7 Å². The van der Waals surface area contributed by atoms with Crippen LogP contribution >= 0.6 is 0 Å². The van der Waals surface area contributed by atoms with Gasteiger partial charge in [0.2, 0.25) is 6.79 Å². The molecule has 1 amide bonds. The fourth-order valence-corrected chi connectivity index (χ4v) is 4.22. The number of hydrogen-bond donors (Lipinski definition) is 1. The summed E-state index contributed by atoms with van der Waals surface area (Å²) in [7, 11) is 0. The molecular weight excluding hydrogens is 396 g/mol. The molecule has 1 aromatic heterocycles. The number of carbonyl (C=O) groups is 1. The zero-order valence-electron chi connectivity index (χ0n) is 17.3. The lowest BCUT2D eigenvalue weighted by Crippen LogP contribution is -2.38. The van der Waals surface area contributed by atoms with Crippen LogP contribution in [-0.2, 0) is 6.54 Å². The highest BCUT2D eigenvalue weighted by Gasteiger charge is 2.29. The summed E-state index contributed by atoms with van der Waals surface area (Å²) in [6.07, 6.45) is 1.52. The van der Waals surface area contributed by atoms with E-state index in [1.54, 1.807) is 22.8 Å². The summed E-state index contributed by atoms with van der Waals surface area (Å²) in [4.78, 5) is 27.1. The van der Waals surface area contributed by atoms with Gasteiger partial charge in [0.15, 0.2) is 11.5 Å². The highest BCUT2D eigenvalue weighted by atomic mass is 16.7. The molecule has 8 heteroatoms. The molecule has 5 rings (SSSR count).